The van der Waals surface area contributed by atoms with E-state index in [4.69, 9.17) is 5.11 Å². The Bertz CT molecular complexity index is 82.9. The molecule has 0 rings (SSSR count). The molecule has 0 bridgehead atoms. The van der Waals surface area contributed by atoms with Crippen LogP contribution < -0.4 is 0 Å². The number of rotatable bonds is 1. The summed E-state index contributed by atoms with van der Waals surface area (Å²) in [5.41, 5.74) is -0.833. The van der Waals surface area contributed by atoms with Gasteiger partial charge in [0.1, 0.15) is 0 Å². The Morgan fingerprint density at radius 1 is 1.62 bits per heavy atom. The van der Waals surface area contributed by atoms with Crippen LogP contribution in [0.1, 0.15) is 13.8 Å². The molecule has 0 fully saturated rings. The van der Waals surface area contributed by atoms with Crippen LogP contribution in [0.5, 0.6) is 0 Å². The first kappa shape index (κ1) is 11.0. The van der Waals surface area contributed by atoms with E-state index in [-0.39, 0.29) is 21.1 Å². The summed E-state index contributed by atoms with van der Waals surface area (Å²) >= 11 is 0. The first-order valence-corrected chi connectivity index (χ1v) is 2.03. The average Bonchev–Trinajstić information content (AvgIpc) is 1.31. The third-order valence-corrected chi connectivity index (χ3v) is 0.579. The molecule has 0 aliphatic carbocycles. The molecule has 0 spiro atoms. The van der Waals surface area contributed by atoms with E-state index in [0.717, 1.165) is 0 Å². The van der Waals surface area contributed by atoms with Gasteiger partial charge < -0.3 is 12.0 Å². The normalized spacial score (nSPS) is 9.88. The maximum absolute atomic E-state index is 9.96. The van der Waals surface area contributed by atoms with Crippen LogP contribution in [0.25, 0.3) is 0 Å². The van der Waals surface area contributed by atoms with Crippen molar-refractivity contribution >= 4 is 5.97 Å². The van der Waals surface area contributed by atoms with Crippen LogP contribution in [0.15, 0.2) is 0 Å². The van der Waals surface area contributed by atoms with Gasteiger partial charge in [0.25, 0.3) is 5.97 Å². The monoisotopic (exact) mass is 285 g/mol. The van der Waals surface area contributed by atoms with Crippen LogP contribution in [-0.2, 0) is 25.9 Å². The SMILES string of the molecule is [CH2-]C(C)(C)C(=O)O.[W+2]. The number of carboxylic acid groups (broad SMARTS) is 1. The van der Waals surface area contributed by atoms with Gasteiger partial charge in [-0.3, -0.25) is 4.79 Å². The maximum Gasteiger partial charge on any atom is 2.00 e. The molecular weight excluding hydrogens is 276 g/mol. The Balaban J connectivity index is 0. The van der Waals surface area contributed by atoms with Crippen molar-refractivity contribution in [3.05, 3.63) is 6.92 Å². The minimum absolute atomic E-state index is 0. The zero-order valence-corrected chi connectivity index (χ0v) is 7.90. The van der Waals surface area contributed by atoms with Gasteiger partial charge in [-0.15, -0.1) is 0 Å². The summed E-state index contributed by atoms with van der Waals surface area (Å²) in [5.74, 6) is -0.868. The molecule has 0 aromatic heterocycles. The molecule has 0 aromatic rings. The quantitative estimate of drug-likeness (QED) is 0.728. The van der Waals surface area contributed by atoms with Gasteiger partial charge in [0.05, 0.1) is 0 Å². The van der Waals surface area contributed by atoms with Gasteiger partial charge in [-0.1, -0.05) is 19.3 Å². The fraction of sp³-hybridized carbons (Fsp3) is 0.600. The summed E-state index contributed by atoms with van der Waals surface area (Å²) in [4.78, 5) is 9.96. The average molecular weight is 285 g/mol. The van der Waals surface area contributed by atoms with E-state index in [0.29, 0.717) is 0 Å². The van der Waals surface area contributed by atoms with Gasteiger partial charge >= 0.3 is 21.1 Å². The third-order valence-electron chi connectivity index (χ3n) is 0.579. The first-order chi connectivity index (χ1) is 2.94. The molecule has 0 aliphatic heterocycles. The fourth-order valence-electron chi connectivity index (χ4n) is 0. The van der Waals surface area contributed by atoms with E-state index in [1.54, 1.807) is 13.8 Å². The zero-order valence-electron chi connectivity index (χ0n) is 4.97. The van der Waals surface area contributed by atoms with Crippen molar-refractivity contribution in [3.63, 3.8) is 0 Å². The molecule has 46 valence electrons. The minimum atomic E-state index is -0.868. The number of hydrogen-bond acceptors (Lipinski definition) is 1. The molecular formula is C5H9O2W+. The Labute approximate surface area is 63.5 Å². The second kappa shape index (κ2) is 3.24. The number of aliphatic carboxylic acids is 1. The van der Waals surface area contributed by atoms with Crippen molar-refractivity contribution in [2.24, 2.45) is 5.41 Å². The Hall–Kier alpha value is 0.158. The summed E-state index contributed by atoms with van der Waals surface area (Å²) < 4.78 is 0. The summed E-state index contributed by atoms with van der Waals surface area (Å²) in [6.45, 7) is 6.47. The van der Waals surface area contributed by atoms with Gasteiger partial charge in [0.15, 0.2) is 0 Å². The van der Waals surface area contributed by atoms with Gasteiger partial charge in [0.2, 0.25) is 0 Å². The van der Waals surface area contributed by atoms with Crippen molar-refractivity contribution in [1.82, 2.24) is 0 Å². The van der Waals surface area contributed by atoms with E-state index in [1.165, 1.54) is 0 Å². The molecule has 0 aliphatic rings. The molecule has 0 radical (unpaired) electrons. The van der Waals surface area contributed by atoms with Crippen molar-refractivity contribution in [2.45, 2.75) is 13.8 Å². The van der Waals surface area contributed by atoms with Gasteiger partial charge in [-0.05, 0) is 0 Å². The van der Waals surface area contributed by atoms with Crippen molar-refractivity contribution in [2.75, 3.05) is 0 Å². The minimum Gasteiger partial charge on any atom is -0.483 e. The summed E-state index contributed by atoms with van der Waals surface area (Å²) in [6, 6.07) is 0. The third kappa shape index (κ3) is 4.32. The Morgan fingerprint density at radius 3 is 1.75 bits per heavy atom. The molecule has 8 heavy (non-hydrogen) atoms. The van der Waals surface area contributed by atoms with Crippen LogP contribution >= 0.6 is 0 Å². The standard InChI is InChI=1S/C5H9O2.W/c1-5(2,3)4(6)7;/h1H2,2-3H3,(H,6,7);/q-1;+2. The molecule has 2 nitrogen and oxygen atoms in total. The zero-order chi connectivity index (χ0) is 6.08. The van der Waals surface area contributed by atoms with Crippen LogP contribution in [-0.4, -0.2) is 11.1 Å². The largest absolute Gasteiger partial charge is 2.00 e. The molecule has 1 N–H and O–H groups in total. The molecule has 3 heteroatoms. The summed E-state index contributed by atoms with van der Waals surface area (Å²) in [6.07, 6.45) is 0. The van der Waals surface area contributed by atoms with Crippen molar-refractivity contribution < 1.29 is 31.0 Å². The van der Waals surface area contributed by atoms with E-state index < -0.39 is 11.4 Å². The van der Waals surface area contributed by atoms with Crippen LogP contribution in [0.3, 0.4) is 0 Å². The molecule has 0 aromatic carbocycles. The number of carboxylic acids is 1. The van der Waals surface area contributed by atoms with E-state index in [9.17, 15) is 4.79 Å². The van der Waals surface area contributed by atoms with E-state index >= 15 is 0 Å². The smallest absolute Gasteiger partial charge is 0.483 e. The van der Waals surface area contributed by atoms with Gasteiger partial charge in [0, 0.05) is 0 Å². The molecule has 0 heterocycles. The van der Waals surface area contributed by atoms with Crippen LogP contribution in [0.2, 0.25) is 0 Å². The predicted molar refractivity (Wildman–Crippen MR) is 26.8 cm³/mol. The summed E-state index contributed by atoms with van der Waals surface area (Å²) in [7, 11) is 0. The molecule has 0 unspecified atom stereocenters. The Kier molecular flexibility index (Phi) is 4.46. The maximum atomic E-state index is 9.96. The molecule has 0 saturated carbocycles. The summed E-state index contributed by atoms with van der Waals surface area (Å²) in [5, 5.41) is 8.19. The molecule has 0 saturated heterocycles. The molecule has 0 atom stereocenters. The predicted octanol–water partition coefficient (Wildman–Crippen LogP) is 0.929. The number of carbonyl (C=O) groups is 1. The topological polar surface area (TPSA) is 37.3 Å². The van der Waals surface area contributed by atoms with Gasteiger partial charge in [-0.25, -0.2) is 0 Å². The van der Waals surface area contributed by atoms with Crippen molar-refractivity contribution in [3.8, 4) is 0 Å². The second-order valence-corrected chi connectivity index (χ2v) is 2.19. The second-order valence-electron chi connectivity index (χ2n) is 2.19. The van der Waals surface area contributed by atoms with Crippen LogP contribution in [0, 0.1) is 12.3 Å². The fourth-order valence-corrected chi connectivity index (χ4v) is 0. The van der Waals surface area contributed by atoms with E-state index in [2.05, 4.69) is 6.92 Å². The van der Waals surface area contributed by atoms with E-state index in [1.807, 2.05) is 0 Å². The first-order valence-electron chi connectivity index (χ1n) is 2.03. The van der Waals surface area contributed by atoms with Crippen LogP contribution in [0.4, 0.5) is 0 Å². The Morgan fingerprint density at radius 2 is 1.75 bits per heavy atom. The van der Waals surface area contributed by atoms with Crippen molar-refractivity contribution in [1.29, 1.82) is 0 Å². The number of hydrogen-bond donors (Lipinski definition) is 1. The van der Waals surface area contributed by atoms with Gasteiger partial charge in [-0.2, -0.15) is 0 Å². The molecule has 0 amide bonds.